The number of rotatable bonds is 6. The van der Waals surface area contributed by atoms with Gasteiger partial charge in [-0.15, -0.1) is 0 Å². The van der Waals surface area contributed by atoms with Crippen molar-refractivity contribution in [3.63, 3.8) is 0 Å². The lowest BCUT2D eigenvalue weighted by atomic mass is 10.2. The van der Waals surface area contributed by atoms with Crippen molar-refractivity contribution in [3.05, 3.63) is 53.8 Å². The molecule has 0 fully saturated rings. The molecular formula is C16H17N3O5. The molecule has 2 rings (SSSR count). The highest BCUT2D eigenvalue weighted by molar-refractivity contribution is 5.96. The molecule has 0 radical (unpaired) electrons. The summed E-state index contributed by atoms with van der Waals surface area (Å²) in [5.74, 6) is -0.214. The second kappa shape index (κ2) is 8.37. The minimum Gasteiger partial charge on any atom is -0.469 e. The van der Waals surface area contributed by atoms with Crippen LogP contribution in [0.1, 0.15) is 28.4 Å². The van der Waals surface area contributed by atoms with Crippen molar-refractivity contribution < 1.29 is 23.5 Å². The zero-order valence-corrected chi connectivity index (χ0v) is 13.0. The first-order valence-corrected chi connectivity index (χ1v) is 7.16. The van der Waals surface area contributed by atoms with Crippen molar-refractivity contribution in [2.75, 3.05) is 7.11 Å². The number of aromatic amines is 1. The predicted octanol–water partition coefficient (Wildman–Crippen LogP) is 1.19. The lowest BCUT2D eigenvalue weighted by molar-refractivity contribution is -0.140. The number of hydrazine groups is 1. The zero-order valence-electron chi connectivity index (χ0n) is 13.0. The predicted molar refractivity (Wildman–Crippen MR) is 84.5 cm³/mol. The van der Waals surface area contributed by atoms with Gasteiger partial charge in [0.15, 0.2) is 0 Å². The summed E-state index contributed by atoms with van der Waals surface area (Å²) >= 11 is 0. The number of aromatic nitrogens is 1. The number of esters is 1. The summed E-state index contributed by atoms with van der Waals surface area (Å²) in [6.45, 7) is 0. The molecule has 0 atom stereocenters. The van der Waals surface area contributed by atoms with Gasteiger partial charge < -0.3 is 14.1 Å². The van der Waals surface area contributed by atoms with Crippen molar-refractivity contribution in [1.82, 2.24) is 15.8 Å². The number of nitrogens with one attached hydrogen (secondary N) is 3. The summed E-state index contributed by atoms with van der Waals surface area (Å²) in [5, 5.41) is 0. The molecular weight excluding hydrogens is 314 g/mol. The van der Waals surface area contributed by atoms with E-state index < -0.39 is 11.8 Å². The Bertz CT molecular complexity index is 731. The molecule has 0 bridgehead atoms. The van der Waals surface area contributed by atoms with E-state index in [9.17, 15) is 14.4 Å². The molecule has 0 aliphatic carbocycles. The third-order valence-electron chi connectivity index (χ3n) is 3.03. The summed E-state index contributed by atoms with van der Waals surface area (Å²) < 4.78 is 9.99. The van der Waals surface area contributed by atoms with Gasteiger partial charge in [0.25, 0.3) is 11.8 Å². The van der Waals surface area contributed by atoms with Crippen molar-refractivity contribution in [1.29, 1.82) is 0 Å². The van der Waals surface area contributed by atoms with E-state index in [1.807, 2.05) is 0 Å². The topological polar surface area (TPSA) is 113 Å². The second-order valence-corrected chi connectivity index (χ2v) is 4.74. The maximum absolute atomic E-state index is 11.6. The number of hydrogen-bond donors (Lipinski definition) is 3. The number of hydrogen-bond acceptors (Lipinski definition) is 5. The van der Waals surface area contributed by atoms with E-state index in [1.165, 1.54) is 19.3 Å². The van der Waals surface area contributed by atoms with E-state index >= 15 is 0 Å². The van der Waals surface area contributed by atoms with E-state index in [-0.39, 0.29) is 12.4 Å². The number of methoxy groups -OCH3 is 1. The Morgan fingerprint density at radius 3 is 2.79 bits per heavy atom. The molecule has 0 aromatic carbocycles. The van der Waals surface area contributed by atoms with Gasteiger partial charge in [-0.3, -0.25) is 25.2 Å². The van der Waals surface area contributed by atoms with Crippen molar-refractivity contribution in [2.45, 2.75) is 12.8 Å². The molecule has 0 aliphatic heterocycles. The highest BCUT2D eigenvalue weighted by Gasteiger charge is 2.07. The van der Waals surface area contributed by atoms with E-state index in [1.54, 1.807) is 30.5 Å². The van der Waals surface area contributed by atoms with Crippen LogP contribution in [0.2, 0.25) is 0 Å². The minimum absolute atomic E-state index is 0.221. The van der Waals surface area contributed by atoms with Crippen molar-refractivity contribution in [3.8, 4) is 0 Å². The number of aryl methyl sites for hydroxylation is 1. The van der Waals surface area contributed by atoms with Gasteiger partial charge in [-0.1, -0.05) is 0 Å². The third-order valence-corrected chi connectivity index (χ3v) is 3.03. The Morgan fingerprint density at radius 2 is 2.08 bits per heavy atom. The molecule has 0 aliphatic rings. The third kappa shape index (κ3) is 5.16. The molecule has 0 unspecified atom stereocenters. The van der Waals surface area contributed by atoms with Crippen LogP contribution >= 0.6 is 0 Å². The Morgan fingerprint density at radius 1 is 1.25 bits per heavy atom. The van der Waals surface area contributed by atoms with Crippen LogP contribution in [-0.2, 0) is 20.7 Å². The lowest BCUT2D eigenvalue weighted by Crippen LogP contribution is -2.40. The monoisotopic (exact) mass is 331 g/mol. The van der Waals surface area contributed by atoms with Gasteiger partial charge in [0, 0.05) is 18.7 Å². The van der Waals surface area contributed by atoms with Gasteiger partial charge in [-0.05, 0) is 30.3 Å². The molecule has 126 valence electrons. The summed E-state index contributed by atoms with van der Waals surface area (Å²) in [6.07, 6.45) is 4.92. The molecule has 8 heteroatoms. The number of furan rings is 1. The van der Waals surface area contributed by atoms with Gasteiger partial charge >= 0.3 is 5.97 Å². The molecule has 8 nitrogen and oxygen atoms in total. The minimum atomic E-state index is -0.512. The Labute approximate surface area is 137 Å². The maximum atomic E-state index is 11.6. The molecule has 0 spiro atoms. The van der Waals surface area contributed by atoms with E-state index in [0.29, 0.717) is 23.6 Å². The second-order valence-electron chi connectivity index (χ2n) is 4.74. The van der Waals surface area contributed by atoms with Crippen LogP contribution in [-0.4, -0.2) is 29.9 Å². The molecule has 2 heterocycles. The quantitative estimate of drug-likeness (QED) is 0.418. The van der Waals surface area contributed by atoms with Crippen molar-refractivity contribution >= 4 is 23.9 Å². The first-order chi connectivity index (χ1) is 11.6. The first kappa shape index (κ1) is 17.1. The Balaban J connectivity index is 1.78. The molecule has 2 aromatic rings. The van der Waals surface area contributed by atoms with Crippen molar-refractivity contribution in [2.24, 2.45) is 0 Å². The summed E-state index contributed by atoms with van der Waals surface area (Å²) in [5.41, 5.74) is 4.84. The van der Waals surface area contributed by atoms with Crippen LogP contribution < -0.4 is 10.9 Å². The van der Waals surface area contributed by atoms with Gasteiger partial charge in [-0.2, -0.15) is 0 Å². The highest BCUT2D eigenvalue weighted by atomic mass is 16.5. The normalized spacial score (nSPS) is 10.5. The van der Waals surface area contributed by atoms with Gasteiger partial charge in [-0.25, -0.2) is 0 Å². The standard InChI is InChI=1S/C16H17N3O5/c1-23-15(21)9-7-12-5-4-11(24-12)6-8-14(20)18-19-16(22)13-3-2-10-17-13/h2-6,8,10,17H,7,9H2,1H3,(H,18,20)(H,19,22)/b8-6+. The highest BCUT2D eigenvalue weighted by Crippen LogP contribution is 2.11. The number of carbonyl (C=O) groups is 3. The number of H-pyrrole nitrogens is 1. The summed E-state index contributed by atoms with van der Waals surface area (Å²) in [7, 11) is 1.33. The smallest absolute Gasteiger partial charge is 0.305 e. The summed E-state index contributed by atoms with van der Waals surface area (Å²) in [4.78, 5) is 37.0. The SMILES string of the molecule is COC(=O)CCc1ccc(/C=C/C(=O)NNC(=O)c2ccc[nH]2)o1. The van der Waals surface area contributed by atoms with Crippen LogP contribution in [0.3, 0.4) is 0 Å². The van der Waals surface area contributed by atoms with Gasteiger partial charge in [0.05, 0.1) is 13.5 Å². The van der Waals surface area contributed by atoms with Crippen LogP contribution in [0, 0.1) is 0 Å². The molecule has 0 saturated carbocycles. The first-order valence-electron chi connectivity index (χ1n) is 7.16. The fourth-order valence-electron chi connectivity index (χ4n) is 1.80. The van der Waals surface area contributed by atoms with E-state index in [2.05, 4.69) is 20.6 Å². The zero-order chi connectivity index (χ0) is 17.4. The Kier molecular flexibility index (Phi) is 5.95. The Hall–Kier alpha value is -3.29. The largest absolute Gasteiger partial charge is 0.469 e. The molecule has 0 saturated heterocycles. The molecule has 24 heavy (non-hydrogen) atoms. The number of amides is 2. The molecule has 2 amide bonds. The maximum Gasteiger partial charge on any atom is 0.305 e. The molecule has 2 aromatic heterocycles. The fourth-order valence-corrected chi connectivity index (χ4v) is 1.80. The molecule has 3 N–H and O–H groups in total. The van der Waals surface area contributed by atoms with Crippen LogP contribution in [0.15, 0.2) is 41.0 Å². The van der Waals surface area contributed by atoms with Crippen LogP contribution in [0.4, 0.5) is 0 Å². The lowest BCUT2D eigenvalue weighted by Gasteiger charge is -2.02. The van der Waals surface area contributed by atoms with Gasteiger partial charge in [0.1, 0.15) is 17.2 Å². The average molecular weight is 331 g/mol. The average Bonchev–Trinajstić information content (AvgIpc) is 3.27. The fraction of sp³-hybridized carbons (Fsp3) is 0.188. The van der Waals surface area contributed by atoms with Crippen LogP contribution in [0.5, 0.6) is 0 Å². The summed E-state index contributed by atoms with van der Waals surface area (Å²) in [6, 6.07) is 6.64. The number of carbonyl (C=O) groups excluding carboxylic acids is 3. The van der Waals surface area contributed by atoms with Gasteiger partial charge in [0.2, 0.25) is 0 Å². The van der Waals surface area contributed by atoms with Crippen LogP contribution in [0.25, 0.3) is 6.08 Å². The van der Waals surface area contributed by atoms with E-state index in [0.717, 1.165) is 0 Å². The number of ether oxygens (including phenoxy) is 1. The van der Waals surface area contributed by atoms with E-state index in [4.69, 9.17) is 4.42 Å².